The summed E-state index contributed by atoms with van der Waals surface area (Å²) in [7, 11) is -4.78. The Hall–Kier alpha value is -1.03. The van der Waals surface area contributed by atoms with Gasteiger partial charge >= 0.3 is 6.18 Å². The highest BCUT2D eigenvalue weighted by Gasteiger charge is 2.56. The zero-order valence-corrected chi connectivity index (χ0v) is 16.3. The van der Waals surface area contributed by atoms with E-state index in [1.807, 2.05) is 0 Å². The van der Waals surface area contributed by atoms with E-state index in [2.05, 4.69) is 0 Å². The van der Waals surface area contributed by atoms with Crippen molar-refractivity contribution in [3.8, 4) is 0 Å². The lowest BCUT2D eigenvalue weighted by Crippen LogP contribution is -2.51. The first-order valence-corrected chi connectivity index (χ1v) is 10.0. The highest BCUT2D eigenvalue weighted by Crippen LogP contribution is 2.38. The summed E-state index contributed by atoms with van der Waals surface area (Å²) in [6.07, 6.45) is -5.57. The van der Waals surface area contributed by atoms with Crippen LogP contribution in [0, 0.1) is 0 Å². The molecule has 0 heterocycles. The van der Waals surface area contributed by atoms with E-state index in [-0.39, 0.29) is 26.2 Å². The number of hydrogen-bond acceptors (Lipinski definition) is 4. The minimum absolute atomic E-state index is 0.00435. The van der Waals surface area contributed by atoms with Crippen LogP contribution in [0.4, 0.5) is 13.2 Å². The SMILES string of the molecule is O=S(=O)(CC(O)(O)C(F)(F)F)C(c1ccc(Cl)cc1)c1ccc(Cl)c(Cl)c1. The molecule has 0 bridgehead atoms. The van der Waals surface area contributed by atoms with Gasteiger partial charge < -0.3 is 10.2 Å². The van der Waals surface area contributed by atoms with Gasteiger partial charge in [0.25, 0.3) is 5.79 Å². The van der Waals surface area contributed by atoms with Crippen LogP contribution >= 0.6 is 34.8 Å². The molecule has 0 saturated carbocycles. The number of sulfone groups is 1. The van der Waals surface area contributed by atoms with Gasteiger partial charge in [0.15, 0.2) is 9.84 Å². The van der Waals surface area contributed by atoms with Crippen molar-refractivity contribution in [2.24, 2.45) is 0 Å². The van der Waals surface area contributed by atoms with Crippen molar-refractivity contribution in [3.63, 3.8) is 0 Å². The number of rotatable bonds is 5. The molecule has 0 fully saturated rings. The van der Waals surface area contributed by atoms with Crippen LogP contribution in [0.3, 0.4) is 0 Å². The first-order chi connectivity index (χ1) is 12.2. The average Bonchev–Trinajstić information content (AvgIpc) is 2.50. The van der Waals surface area contributed by atoms with Gasteiger partial charge in [0.2, 0.25) is 0 Å². The monoisotopic (exact) mass is 462 g/mol. The van der Waals surface area contributed by atoms with E-state index in [0.717, 1.165) is 0 Å². The summed E-state index contributed by atoms with van der Waals surface area (Å²) in [5, 5.41) is 17.2. The van der Waals surface area contributed by atoms with Crippen molar-refractivity contribution in [3.05, 3.63) is 68.7 Å². The predicted molar refractivity (Wildman–Crippen MR) is 96.8 cm³/mol. The zero-order chi connectivity index (χ0) is 20.6. The van der Waals surface area contributed by atoms with Gasteiger partial charge in [0.1, 0.15) is 11.0 Å². The highest BCUT2D eigenvalue weighted by molar-refractivity contribution is 7.91. The predicted octanol–water partition coefficient (Wildman–Crippen LogP) is 4.39. The molecule has 0 aliphatic carbocycles. The summed E-state index contributed by atoms with van der Waals surface area (Å²) in [6.45, 7) is 0. The number of hydrogen-bond donors (Lipinski definition) is 2. The Morgan fingerprint density at radius 3 is 1.89 bits per heavy atom. The third-order valence-corrected chi connectivity index (χ3v) is 6.69. The Kier molecular flexibility index (Phi) is 6.41. The second-order valence-corrected chi connectivity index (χ2v) is 9.06. The van der Waals surface area contributed by atoms with Crippen LogP contribution in [0.2, 0.25) is 15.1 Å². The number of alkyl halides is 3. The average molecular weight is 464 g/mol. The summed E-state index contributed by atoms with van der Waals surface area (Å²) in [4.78, 5) is 0. The van der Waals surface area contributed by atoms with E-state index in [0.29, 0.717) is 0 Å². The lowest BCUT2D eigenvalue weighted by molar-refractivity contribution is -0.337. The minimum atomic E-state index is -5.57. The fourth-order valence-corrected chi connectivity index (χ4v) is 4.82. The van der Waals surface area contributed by atoms with Crippen LogP contribution in [-0.2, 0) is 9.84 Å². The normalized spacial score (nSPS) is 14.2. The Morgan fingerprint density at radius 2 is 1.41 bits per heavy atom. The summed E-state index contributed by atoms with van der Waals surface area (Å²) in [5.74, 6) is -6.40. The maximum absolute atomic E-state index is 12.8. The first kappa shape index (κ1) is 22.3. The molecule has 0 radical (unpaired) electrons. The number of halogens is 6. The van der Waals surface area contributed by atoms with E-state index in [1.54, 1.807) is 0 Å². The smallest absolute Gasteiger partial charge is 0.358 e. The molecule has 0 spiro atoms. The lowest BCUT2D eigenvalue weighted by Gasteiger charge is -2.27. The Morgan fingerprint density at radius 1 is 0.889 bits per heavy atom. The van der Waals surface area contributed by atoms with Gasteiger partial charge in [-0.3, -0.25) is 0 Å². The summed E-state index contributed by atoms with van der Waals surface area (Å²) in [5.41, 5.74) is 0.0699. The van der Waals surface area contributed by atoms with Gasteiger partial charge in [-0.25, -0.2) is 8.42 Å². The molecule has 2 aromatic carbocycles. The molecule has 0 aliphatic heterocycles. The van der Waals surface area contributed by atoms with Gasteiger partial charge in [-0.15, -0.1) is 0 Å². The molecule has 148 valence electrons. The zero-order valence-electron chi connectivity index (χ0n) is 13.2. The van der Waals surface area contributed by atoms with E-state index in [1.165, 1.54) is 42.5 Å². The lowest BCUT2D eigenvalue weighted by atomic mass is 10.0. The van der Waals surface area contributed by atoms with Gasteiger partial charge in [-0.2, -0.15) is 13.2 Å². The van der Waals surface area contributed by atoms with E-state index in [4.69, 9.17) is 34.8 Å². The molecule has 27 heavy (non-hydrogen) atoms. The van der Waals surface area contributed by atoms with Crippen LogP contribution < -0.4 is 0 Å². The molecule has 1 atom stereocenters. The second-order valence-electron chi connectivity index (χ2n) is 5.73. The Labute approximate surface area is 168 Å². The van der Waals surface area contributed by atoms with Crippen LogP contribution in [0.15, 0.2) is 42.5 Å². The molecule has 2 rings (SSSR count). The summed E-state index contributed by atoms with van der Waals surface area (Å²) in [6, 6.07) is 9.05. The maximum Gasteiger partial charge on any atom is 0.443 e. The van der Waals surface area contributed by atoms with Gasteiger partial charge in [0.05, 0.1) is 10.0 Å². The molecule has 0 aromatic heterocycles. The Balaban J connectivity index is 2.61. The van der Waals surface area contributed by atoms with Crippen LogP contribution in [0.25, 0.3) is 0 Å². The maximum atomic E-state index is 12.8. The molecule has 2 N–H and O–H groups in total. The molecule has 1 unspecified atom stereocenters. The Bertz CT molecular complexity index is 929. The quantitative estimate of drug-likeness (QED) is 0.645. The molecule has 0 saturated heterocycles. The number of benzene rings is 2. The van der Waals surface area contributed by atoms with E-state index < -0.39 is 32.8 Å². The van der Waals surface area contributed by atoms with Crippen LogP contribution in [0.1, 0.15) is 16.4 Å². The van der Waals surface area contributed by atoms with Crippen molar-refractivity contribution >= 4 is 44.6 Å². The van der Waals surface area contributed by atoms with Gasteiger partial charge in [-0.1, -0.05) is 53.0 Å². The molecule has 11 heteroatoms. The highest BCUT2D eigenvalue weighted by atomic mass is 35.5. The third-order valence-electron chi connectivity index (χ3n) is 3.63. The van der Waals surface area contributed by atoms with Gasteiger partial charge in [0, 0.05) is 5.02 Å². The topological polar surface area (TPSA) is 74.6 Å². The summed E-state index contributed by atoms with van der Waals surface area (Å²) >= 11 is 17.5. The van der Waals surface area contributed by atoms with Crippen molar-refractivity contribution in [2.75, 3.05) is 5.75 Å². The van der Waals surface area contributed by atoms with Crippen molar-refractivity contribution in [2.45, 2.75) is 17.2 Å². The number of aliphatic hydroxyl groups is 2. The van der Waals surface area contributed by atoms with Crippen molar-refractivity contribution < 1.29 is 31.8 Å². The molecule has 0 aliphatic rings. The molecule has 0 amide bonds. The van der Waals surface area contributed by atoms with Crippen LogP contribution in [0.5, 0.6) is 0 Å². The largest absolute Gasteiger partial charge is 0.443 e. The molecule has 2 aromatic rings. The van der Waals surface area contributed by atoms with Gasteiger partial charge in [-0.05, 0) is 35.4 Å². The van der Waals surface area contributed by atoms with E-state index >= 15 is 0 Å². The standard InChI is InChI=1S/C16H12Cl3F3O4S/c17-11-4-1-9(2-5-11)14(10-3-6-12(18)13(19)7-10)27(25,26)8-15(23,24)16(20,21)22/h1-7,14,23-24H,8H2. The fourth-order valence-electron chi connectivity index (χ4n) is 2.37. The first-order valence-electron chi connectivity index (χ1n) is 7.18. The molecule has 4 nitrogen and oxygen atoms in total. The van der Waals surface area contributed by atoms with Crippen molar-refractivity contribution in [1.29, 1.82) is 0 Å². The van der Waals surface area contributed by atoms with Crippen LogP contribution in [-0.4, -0.2) is 36.3 Å². The van der Waals surface area contributed by atoms with E-state index in [9.17, 15) is 31.8 Å². The minimum Gasteiger partial charge on any atom is -0.358 e. The molecular formula is C16H12Cl3F3O4S. The third kappa shape index (κ3) is 5.07. The van der Waals surface area contributed by atoms with Crippen molar-refractivity contribution in [1.82, 2.24) is 0 Å². The molecular weight excluding hydrogens is 452 g/mol. The fraction of sp³-hybridized carbons (Fsp3) is 0.250. The summed E-state index contributed by atoms with van der Waals surface area (Å²) < 4.78 is 63.8. The second kappa shape index (κ2) is 7.77.